The molecule has 0 aliphatic rings. The quantitative estimate of drug-likeness (QED) is 0.596. The first-order chi connectivity index (χ1) is 7.03. The molecule has 0 radical (unpaired) electrons. The monoisotopic (exact) mass is 242 g/mol. The average Bonchev–Trinajstić information content (AvgIpc) is 2.05. The maximum absolute atomic E-state index is 13.5. The minimum atomic E-state index is -0.334. The van der Waals surface area contributed by atoms with Crippen molar-refractivity contribution in [2.24, 2.45) is 0 Å². The summed E-state index contributed by atoms with van der Waals surface area (Å²) in [6.07, 6.45) is 0. The molecule has 1 aromatic carbocycles. The Morgan fingerprint density at radius 3 is 1.62 bits per heavy atom. The molecule has 0 saturated carbocycles. The summed E-state index contributed by atoms with van der Waals surface area (Å²) in [4.78, 5) is 0. The molecule has 0 aliphatic carbocycles. The normalized spacial score (nSPS) is 13.0. The van der Waals surface area contributed by atoms with Crippen LogP contribution in [0.4, 0.5) is 4.39 Å². The molecule has 0 fully saturated rings. The van der Waals surface area contributed by atoms with Crippen LogP contribution in [0, 0.1) is 5.82 Å². The highest BCUT2D eigenvalue weighted by atomic mass is 35.5. The lowest BCUT2D eigenvalue weighted by atomic mass is 9.75. The molecule has 0 aromatic heterocycles. The van der Waals surface area contributed by atoms with E-state index in [4.69, 9.17) is 11.6 Å². The van der Waals surface area contributed by atoms with Crippen molar-refractivity contribution < 1.29 is 4.39 Å². The van der Waals surface area contributed by atoms with E-state index in [-0.39, 0.29) is 21.7 Å². The third-order valence-corrected chi connectivity index (χ3v) is 2.97. The predicted octanol–water partition coefficient (Wildman–Crippen LogP) is 5.07. The first-order valence-corrected chi connectivity index (χ1v) is 5.91. The second-order valence-corrected chi connectivity index (χ2v) is 6.72. The van der Waals surface area contributed by atoms with Crippen LogP contribution in [0.5, 0.6) is 0 Å². The summed E-state index contributed by atoms with van der Waals surface area (Å²) >= 11 is 5.87. The van der Waals surface area contributed by atoms with E-state index in [9.17, 15) is 4.39 Å². The molecule has 0 bridgehead atoms. The molecule has 16 heavy (non-hydrogen) atoms. The highest BCUT2D eigenvalue weighted by Gasteiger charge is 2.26. The zero-order valence-electron chi connectivity index (χ0n) is 10.9. The van der Waals surface area contributed by atoms with Gasteiger partial charge in [0.15, 0.2) is 0 Å². The van der Waals surface area contributed by atoms with Gasteiger partial charge in [0.2, 0.25) is 0 Å². The van der Waals surface area contributed by atoms with E-state index >= 15 is 0 Å². The molecule has 0 saturated heterocycles. The van der Waals surface area contributed by atoms with Crippen molar-refractivity contribution >= 4 is 11.6 Å². The number of hydrogen-bond donors (Lipinski definition) is 0. The van der Waals surface area contributed by atoms with E-state index in [0.29, 0.717) is 0 Å². The standard InChI is InChI=1S/C14H20ClF/c1-13(2,3)9-7-11(15)12(16)8-10(9)14(4,5)6/h7-8H,1-6H3. The number of rotatable bonds is 0. The van der Waals surface area contributed by atoms with Gasteiger partial charge in [-0.3, -0.25) is 0 Å². The molecule has 2 heteroatoms. The van der Waals surface area contributed by atoms with Crippen LogP contribution in [0.2, 0.25) is 5.02 Å². The number of halogens is 2. The van der Waals surface area contributed by atoms with Gasteiger partial charge in [0.05, 0.1) is 5.02 Å². The Balaban J connectivity index is 3.53. The topological polar surface area (TPSA) is 0 Å². The Morgan fingerprint density at radius 2 is 1.25 bits per heavy atom. The lowest BCUT2D eigenvalue weighted by Gasteiger charge is -2.30. The second-order valence-electron chi connectivity index (χ2n) is 6.31. The van der Waals surface area contributed by atoms with Crippen molar-refractivity contribution in [1.82, 2.24) is 0 Å². The minimum Gasteiger partial charge on any atom is -0.205 e. The Morgan fingerprint density at radius 1 is 0.875 bits per heavy atom. The number of hydrogen-bond acceptors (Lipinski definition) is 0. The molecule has 0 nitrogen and oxygen atoms in total. The van der Waals surface area contributed by atoms with Crippen LogP contribution in [-0.2, 0) is 10.8 Å². The average molecular weight is 243 g/mol. The van der Waals surface area contributed by atoms with Crippen LogP contribution in [0.1, 0.15) is 52.7 Å². The highest BCUT2D eigenvalue weighted by molar-refractivity contribution is 6.30. The predicted molar refractivity (Wildman–Crippen MR) is 68.8 cm³/mol. The SMILES string of the molecule is CC(C)(C)c1cc(F)c(Cl)cc1C(C)(C)C. The molecular weight excluding hydrogens is 223 g/mol. The molecule has 0 spiro atoms. The smallest absolute Gasteiger partial charge is 0.142 e. The Bertz CT molecular complexity index is 355. The molecule has 1 rings (SSSR count). The summed E-state index contributed by atoms with van der Waals surface area (Å²) in [5, 5.41) is 0.206. The first-order valence-electron chi connectivity index (χ1n) is 5.53. The van der Waals surface area contributed by atoms with Gasteiger partial charge < -0.3 is 0 Å². The van der Waals surface area contributed by atoms with Crippen LogP contribution < -0.4 is 0 Å². The van der Waals surface area contributed by atoms with Crippen molar-refractivity contribution in [1.29, 1.82) is 0 Å². The van der Waals surface area contributed by atoms with Crippen LogP contribution in [0.25, 0.3) is 0 Å². The van der Waals surface area contributed by atoms with E-state index in [2.05, 4.69) is 41.5 Å². The summed E-state index contributed by atoms with van der Waals surface area (Å²) in [5.41, 5.74) is 2.04. The van der Waals surface area contributed by atoms with Crippen molar-refractivity contribution in [3.8, 4) is 0 Å². The van der Waals surface area contributed by atoms with Crippen molar-refractivity contribution in [2.75, 3.05) is 0 Å². The maximum atomic E-state index is 13.5. The van der Waals surface area contributed by atoms with Gasteiger partial charge in [-0.15, -0.1) is 0 Å². The molecular formula is C14H20ClF. The van der Waals surface area contributed by atoms with E-state index in [1.807, 2.05) is 0 Å². The Labute approximate surface area is 103 Å². The van der Waals surface area contributed by atoms with Crippen LogP contribution in [0.3, 0.4) is 0 Å². The van der Waals surface area contributed by atoms with E-state index < -0.39 is 0 Å². The Hall–Kier alpha value is -0.560. The molecule has 1 aromatic rings. The summed E-state index contributed by atoms with van der Waals surface area (Å²) in [5.74, 6) is -0.334. The molecule has 0 unspecified atom stereocenters. The van der Waals surface area contributed by atoms with Gasteiger partial charge >= 0.3 is 0 Å². The van der Waals surface area contributed by atoms with E-state index in [1.54, 1.807) is 12.1 Å². The second kappa shape index (κ2) is 4.03. The molecule has 0 N–H and O–H groups in total. The van der Waals surface area contributed by atoms with Crippen LogP contribution in [0.15, 0.2) is 12.1 Å². The molecule has 0 aliphatic heterocycles. The summed E-state index contributed by atoms with van der Waals surface area (Å²) < 4.78 is 13.5. The van der Waals surface area contributed by atoms with Gasteiger partial charge in [0, 0.05) is 0 Å². The van der Waals surface area contributed by atoms with Crippen LogP contribution in [-0.4, -0.2) is 0 Å². The fraction of sp³-hybridized carbons (Fsp3) is 0.571. The fourth-order valence-electron chi connectivity index (χ4n) is 1.79. The van der Waals surface area contributed by atoms with Gasteiger partial charge in [-0.05, 0) is 34.1 Å². The van der Waals surface area contributed by atoms with Crippen LogP contribution >= 0.6 is 11.6 Å². The maximum Gasteiger partial charge on any atom is 0.142 e. The lowest BCUT2D eigenvalue weighted by Crippen LogP contribution is -2.22. The fourth-order valence-corrected chi connectivity index (χ4v) is 1.95. The van der Waals surface area contributed by atoms with Gasteiger partial charge in [0.1, 0.15) is 5.82 Å². The summed E-state index contributed by atoms with van der Waals surface area (Å²) in [6.45, 7) is 12.6. The van der Waals surface area contributed by atoms with Crippen molar-refractivity contribution in [3.63, 3.8) is 0 Å². The molecule has 0 amide bonds. The van der Waals surface area contributed by atoms with Crippen molar-refractivity contribution in [2.45, 2.75) is 52.4 Å². The van der Waals surface area contributed by atoms with Gasteiger partial charge in [0.25, 0.3) is 0 Å². The largest absolute Gasteiger partial charge is 0.205 e. The molecule has 0 heterocycles. The molecule has 0 atom stereocenters. The third kappa shape index (κ3) is 2.76. The molecule has 90 valence electrons. The minimum absolute atomic E-state index is 0.0278. The van der Waals surface area contributed by atoms with Gasteiger partial charge in [-0.1, -0.05) is 53.1 Å². The zero-order chi connectivity index (χ0) is 12.7. The third-order valence-electron chi connectivity index (χ3n) is 2.68. The first kappa shape index (κ1) is 13.5. The van der Waals surface area contributed by atoms with Gasteiger partial charge in [-0.25, -0.2) is 4.39 Å². The summed E-state index contributed by atoms with van der Waals surface area (Å²) in [6, 6.07) is 3.33. The summed E-state index contributed by atoms with van der Waals surface area (Å²) in [7, 11) is 0. The zero-order valence-corrected chi connectivity index (χ0v) is 11.7. The number of benzene rings is 1. The lowest BCUT2D eigenvalue weighted by molar-refractivity contribution is 0.521. The van der Waals surface area contributed by atoms with E-state index in [0.717, 1.165) is 11.1 Å². The Kier molecular flexibility index (Phi) is 3.40. The van der Waals surface area contributed by atoms with E-state index in [1.165, 1.54) is 0 Å². The van der Waals surface area contributed by atoms with Gasteiger partial charge in [-0.2, -0.15) is 0 Å². The highest BCUT2D eigenvalue weighted by Crippen LogP contribution is 2.36. The van der Waals surface area contributed by atoms with Crippen molar-refractivity contribution in [3.05, 3.63) is 34.1 Å².